The number of anilines is 2. The van der Waals surface area contributed by atoms with Gasteiger partial charge in [0, 0.05) is 16.9 Å². The van der Waals surface area contributed by atoms with Gasteiger partial charge in [-0.1, -0.05) is 18.2 Å². The number of benzene rings is 2. The van der Waals surface area contributed by atoms with Crippen molar-refractivity contribution < 1.29 is 4.39 Å². The summed E-state index contributed by atoms with van der Waals surface area (Å²) >= 11 is 0. The van der Waals surface area contributed by atoms with Crippen LogP contribution in [0.2, 0.25) is 0 Å². The van der Waals surface area contributed by atoms with Crippen LogP contribution in [0.25, 0.3) is 11.4 Å². The molecule has 0 saturated heterocycles. The number of halogens is 1. The van der Waals surface area contributed by atoms with Crippen molar-refractivity contribution >= 4 is 11.4 Å². The summed E-state index contributed by atoms with van der Waals surface area (Å²) in [6, 6.07) is 13.8. The summed E-state index contributed by atoms with van der Waals surface area (Å²) in [6.45, 7) is 0. The van der Waals surface area contributed by atoms with Gasteiger partial charge in [0.2, 0.25) is 5.82 Å². The van der Waals surface area contributed by atoms with E-state index in [1.807, 2.05) is 24.3 Å². The molecule has 0 fully saturated rings. The van der Waals surface area contributed by atoms with Crippen LogP contribution in [0.5, 0.6) is 0 Å². The monoisotopic (exact) mass is 255 g/mol. The van der Waals surface area contributed by atoms with E-state index in [1.54, 1.807) is 12.1 Å². The second-order valence-corrected chi connectivity index (χ2v) is 3.92. The number of para-hydroxylation sites is 1. The molecule has 0 aliphatic carbocycles. The van der Waals surface area contributed by atoms with E-state index in [4.69, 9.17) is 0 Å². The Bertz CT molecular complexity index is 681. The van der Waals surface area contributed by atoms with Crippen LogP contribution < -0.4 is 5.32 Å². The van der Waals surface area contributed by atoms with Crippen molar-refractivity contribution in [3.8, 4) is 11.4 Å². The van der Waals surface area contributed by atoms with Gasteiger partial charge in [-0.05, 0) is 35.5 Å². The number of rotatable bonds is 3. The molecule has 3 aromatic rings. The smallest absolute Gasteiger partial charge is 0.206 e. The zero-order valence-electron chi connectivity index (χ0n) is 9.84. The molecule has 0 radical (unpaired) electrons. The van der Waals surface area contributed by atoms with Crippen LogP contribution in [-0.4, -0.2) is 20.6 Å². The van der Waals surface area contributed by atoms with Crippen molar-refractivity contribution in [2.75, 3.05) is 5.32 Å². The fourth-order valence-electron chi connectivity index (χ4n) is 1.78. The van der Waals surface area contributed by atoms with E-state index in [0.29, 0.717) is 11.5 Å². The minimum Gasteiger partial charge on any atom is -0.355 e. The standard InChI is InChI=1S/C13H10FN5/c14-9-4-3-5-10(8-9)15-12-7-2-1-6-11(12)13-16-18-19-17-13/h1-8,15H,(H,16,17,18,19). The number of nitrogens with one attached hydrogen (secondary N) is 2. The fourth-order valence-corrected chi connectivity index (χ4v) is 1.78. The molecule has 3 rings (SSSR count). The minimum atomic E-state index is -0.290. The molecule has 0 bridgehead atoms. The molecule has 6 heteroatoms. The molecule has 19 heavy (non-hydrogen) atoms. The van der Waals surface area contributed by atoms with E-state index in [1.165, 1.54) is 12.1 Å². The lowest BCUT2D eigenvalue weighted by Crippen LogP contribution is -1.94. The molecule has 2 N–H and O–H groups in total. The Morgan fingerprint density at radius 2 is 1.95 bits per heavy atom. The second-order valence-electron chi connectivity index (χ2n) is 3.92. The summed E-state index contributed by atoms with van der Waals surface area (Å²) in [5.41, 5.74) is 2.24. The average Bonchev–Trinajstić information content (AvgIpc) is 2.93. The topological polar surface area (TPSA) is 66.5 Å². The zero-order chi connectivity index (χ0) is 13.1. The van der Waals surface area contributed by atoms with Crippen LogP contribution in [-0.2, 0) is 0 Å². The molecule has 1 heterocycles. The van der Waals surface area contributed by atoms with Gasteiger partial charge in [0.25, 0.3) is 0 Å². The first-order valence-corrected chi connectivity index (χ1v) is 5.68. The second kappa shape index (κ2) is 4.85. The molecule has 0 amide bonds. The van der Waals surface area contributed by atoms with Gasteiger partial charge in [-0.2, -0.15) is 5.21 Å². The molecule has 0 aliphatic heterocycles. The van der Waals surface area contributed by atoms with Crippen LogP contribution in [0.3, 0.4) is 0 Å². The Morgan fingerprint density at radius 3 is 2.74 bits per heavy atom. The van der Waals surface area contributed by atoms with Gasteiger partial charge in [-0.25, -0.2) is 4.39 Å². The maximum atomic E-state index is 13.2. The van der Waals surface area contributed by atoms with E-state index >= 15 is 0 Å². The molecule has 0 atom stereocenters. The third-order valence-corrected chi connectivity index (χ3v) is 2.62. The summed E-state index contributed by atoms with van der Waals surface area (Å²) in [5.74, 6) is 0.196. The van der Waals surface area contributed by atoms with Crippen molar-refractivity contribution in [1.29, 1.82) is 0 Å². The van der Waals surface area contributed by atoms with Crippen LogP contribution in [0.15, 0.2) is 48.5 Å². The molecular formula is C13H10FN5. The number of H-pyrrole nitrogens is 1. The molecule has 94 valence electrons. The summed E-state index contributed by atoms with van der Waals surface area (Å²) < 4.78 is 13.2. The summed E-state index contributed by atoms with van der Waals surface area (Å²) in [6.07, 6.45) is 0. The van der Waals surface area contributed by atoms with Gasteiger partial charge in [-0.15, -0.1) is 10.2 Å². The summed E-state index contributed by atoms with van der Waals surface area (Å²) in [7, 11) is 0. The third-order valence-electron chi connectivity index (χ3n) is 2.62. The van der Waals surface area contributed by atoms with Crippen LogP contribution in [0, 0.1) is 5.82 Å². The SMILES string of the molecule is Fc1cccc(Nc2ccccc2-c2nn[nH]n2)c1. The molecule has 2 aromatic carbocycles. The highest BCUT2D eigenvalue weighted by atomic mass is 19.1. The molecule has 1 aromatic heterocycles. The van der Waals surface area contributed by atoms with Crippen molar-refractivity contribution in [3.63, 3.8) is 0 Å². The highest BCUT2D eigenvalue weighted by Crippen LogP contribution is 2.27. The Labute approximate surface area is 108 Å². The van der Waals surface area contributed by atoms with E-state index in [9.17, 15) is 4.39 Å². The van der Waals surface area contributed by atoms with E-state index in [0.717, 1.165) is 11.3 Å². The summed E-state index contributed by atoms with van der Waals surface area (Å²) in [4.78, 5) is 0. The van der Waals surface area contributed by atoms with Crippen LogP contribution in [0.4, 0.5) is 15.8 Å². The van der Waals surface area contributed by atoms with Gasteiger partial charge >= 0.3 is 0 Å². The van der Waals surface area contributed by atoms with Gasteiger partial charge < -0.3 is 5.32 Å². The number of nitrogens with zero attached hydrogens (tertiary/aromatic N) is 3. The number of hydrogen-bond acceptors (Lipinski definition) is 4. The number of hydrogen-bond donors (Lipinski definition) is 2. The molecule has 0 aliphatic rings. The van der Waals surface area contributed by atoms with Crippen molar-refractivity contribution in [2.45, 2.75) is 0 Å². The molecule has 5 nitrogen and oxygen atoms in total. The van der Waals surface area contributed by atoms with Gasteiger partial charge in [0.15, 0.2) is 0 Å². The fraction of sp³-hybridized carbons (Fsp3) is 0. The van der Waals surface area contributed by atoms with Gasteiger partial charge in [-0.3, -0.25) is 0 Å². The van der Waals surface area contributed by atoms with Crippen molar-refractivity contribution in [1.82, 2.24) is 20.6 Å². The van der Waals surface area contributed by atoms with E-state index in [2.05, 4.69) is 25.9 Å². The lowest BCUT2D eigenvalue weighted by Gasteiger charge is -2.09. The highest BCUT2D eigenvalue weighted by Gasteiger charge is 2.08. The first kappa shape index (κ1) is 11.3. The summed E-state index contributed by atoms with van der Waals surface area (Å²) in [5, 5.41) is 17.0. The third kappa shape index (κ3) is 2.42. The highest BCUT2D eigenvalue weighted by molar-refractivity contribution is 5.77. The Morgan fingerprint density at radius 1 is 1.05 bits per heavy atom. The predicted octanol–water partition coefficient (Wildman–Crippen LogP) is 2.75. The average molecular weight is 255 g/mol. The largest absolute Gasteiger partial charge is 0.355 e. The first-order chi connectivity index (χ1) is 9.33. The number of tetrazole rings is 1. The Kier molecular flexibility index (Phi) is 2.89. The Hall–Kier alpha value is -2.76. The molecule has 0 spiro atoms. The number of aromatic nitrogens is 4. The van der Waals surface area contributed by atoms with Crippen molar-refractivity contribution in [3.05, 3.63) is 54.3 Å². The number of aromatic amines is 1. The molecule has 0 saturated carbocycles. The van der Waals surface area contributed by atoms with Crippen LogP contribution in [0.1, 0.15) is 0 Å². The van der Waals surface area contributed by atoms with E-state index in [-0.39, 0.29) is 5.82 Å². The maximum absolute atomic E-state index is 13.2. The zero-order valence-corrected chi connectivity index (χ0v) is 9.84. The van der Waals surface area contributed by atoms with Crippen molar-refractivity contribution in [2.24, 2.45) is 0 Å². The van der Waals surface area contributed by atoms with Gasteiger partial charge in [0.1, 0.15) is 5.82 Å². The Balaban J connectivity index is 1.97. The molecule has 0 unspecified atom stereocenters. The lowest BCUT2D eigenvalue weighted by atomic mass is 10.1. The van der Waals surface area contributed by atoms with Crippen LogP contribution >= 0.6 is 0 Å². The molecular weight excluding hydrogens is 245 g/mol. The minimum absolute atomic E-state index is 0.290. The van der Waals surface area contributed by atoms with E-state index < -0.39 is 0 Å². The first-order valence-electron chi connectivity index (χ1n) is 5.68. The quantitative estimate of drug-likeness (QED) is 0.755. The predicted molar refractivity (Wildman–Crippen MR) is 69.3 cm³/mol. The lowest BCUT2D eigenvalue weighted by molar-refractivity contribution is 0.628. The maximum Gasteiger partial charge on any atom is 0.206 e. The van der Waals surface area contributed by atoms with Gasteiger partial charge in [0.05, 0.1) is 0 Å². The normalized spacial score (nSPS) is 10.4.